The number of aromatic carboxylic acids is 1. The maximum Gasteiger partial charge on any atom is 0.335 e. The van der Waals surface area contributed by atoms with Crippen LogP contribution in [-0.2, 0) is 5.75 Å². The Morgan fingerprint density at radius 1 is 1.33 bits per heavy atom. The summed E-state index contributed by atoms with van der Waals surface area (Å²) >= 11 is 7.54. The third-order valence-corrected chi connectivity index (χ3v) is 3.52. The average molecular weight is 326 g/mol. The molecule has 0 radical (unpaired) electrons. The highest BCUT2D eigenvalue weighted by atomic mass is 35.5. The SMILES string of the molecule is CSCc1ccc(C(=O)Nc2ccc(C(=O)O)cc2Cl)o1. The monoisotopic (exact) mass is 325 g/mol. The van der Waals surface area contributed by atoms with Crippen molar-refractivity contribution < 1.29 is 19.1 Å². The van der Waals surface area contributed by atoms with Crippen molar-refractivity contribution in [2.24, 2.45) is 0 Å². The summed E-state index contributed by atoms with van der Waals surface area (Å²) in [7, 11) is 0. The van der Waals surface area contributed by atoms with Crippen LogP contribution in [0.1, 0.15) is 26.7 Å². The van der Waals surface area contributed by atoms with Crippen LogP contribution < -0.4 is 5.32 Å². The molecule has 0 aliphatic rings. The van der Waals surface area contributed by atoms with E-state index in [1.165, 1.54) is 18.2 Å². The third kappa shape index (κ3) is 3.80. The number of carboxylic acids is 1. The summed E-state index contributed by atoms with van der Waals surface area (Å²) < 4.78 is 5.39. The van der Waals surface area contributed by atoms with Gasteiger partial charge in [0.25, 0.3) is 5.91 Å². The number of nitrogens with one attached hydrogen (secondary N) is 1. The fourth-order valence-electron chi connectivity index (χ4n) is 1.65. The van der Waals surface area contributed by atoms with Gasteiger partial charge < -0.3 is 14.8 Å². The molecule has 5 nitrogen and oxygen atoms in total. The van der Waals surface area contributed by atoms with Crippen molar-refractivity contribution in [3.63, 3.8) is 0 Å². The standard InChI is InChI=1S/C14H12ClNO4S/c1-21-7-9-3-5-12(20-9)13(17)16-11-4-2-8(14(18)19)6-10(11)15/h2-6H,7H2,1H3,(H,16,17)(H,18,19). The van der Waals surface area contributed by atoms with Crippen molar-refractivity contribution in [2.75, 3.05) is 11.6 Å². The number of hydrogen-bond donors (Lipinski definition) is 2. The fourth-order valence-corrected chi connectivity index (χ4v) is 2.32. The van der Waals surface area contributed by atoms with Gasteiger partial charge in [0.05, 0.1) is 22.0 Å². The first-order valence-corrected chi connectivity index (χ1v) is 7.70. The van der Waals surface area contributed by atoms with E-state index in [9.17, 15) is 9.59 Å². The number of carboxylic acid groups (broad SMARTS) is 1. The Labute approximate surface area is 130 Å². The van der Waals surface area contributed by atoms with Gasteiger partial charge in [0.2, 0.25) is 0 Å². The molecule has 0 spiro atoms. The first-order chi connectivity index (χ1) is 10.0. The van der Waals surface area contributed by atoms with E-state index in [1.54, 1.807) is 23.9 Å². The largest absolute Gasteiger partial charge is 0.478 e. The number of furan rings is 1. The van der Waals surface area contributed by atoms with Crippen molar-refractivity contribution in [1.29, 1.82) is 0 Å². The molecule has 2 aromatic rings. The van der Waals surface area contributed by atoms with Crippen LogP contribution in [0.5, 0.6) is 0 Å². The molecule has 110 valence electrons. The van der Waals surface area contributed by atoms with Crippen LogP contribution in [0.2, 0.25) is 5.02 Å². The third-order valence-electron chi connectivity index (χ3n) is 2.64. The van der Waals surface area contributed by atoms with E-state index in [1.807, 2.05) is 6.26 Å². The van der Waals surface area contributed by atoms with Crippen LogP contribution in [0.15, 0.2) is 34.7 Å². The minimum Gasteiger partial charge on any atom is -0.478 e. The smallest absolute Gasteiger partial charge is 0.335 e. The summed E-state index contributed by atoms with van der Waals surface area (Å²) in [4.78, 5) is 22.8. The van der Waals surface area contributed by atoms with E-state index in [4.69, 9.17) is 21.1 Å². The van der Waals surface area contributed by atoms with E-state index in [0.717, 1.165) is 0 Å². The van der Waals surface area contributed by atoms with E-state index < -0.39 is 11.9 Å². The van der Waals surface area contributed by atoms with Crippen molar-refractivity contribution in [3.8, 4) is 0 Å². The zero-order valence-corrected chi connectivity index (χ0v) is 12.6. The summed E-state index contributed by atoms with van der Waals surface area (Å²) in [5.41, 5.74) is 0.382. The first kappa shape index (κ1) is 15.5. The number of hydrogen-bond acceptors (Lipinski definition) is 4. The van der Waals surface area contributed by atoms with Gasteiger partial charge in [-0.15, -0.1) is 0 Å². The number of anilines is 1. The molecule has 0 fully saturated rings. The van der Waals surface area contributed by atoms with Crippen LogP contribution in [0.25, 0.3) is 0 Å². The maximum atomic E-state index is 12.0. The van der Waals surface area contributed by atoms with Gasteiger partial charge in [-0.3, -0.25) is 4.79 Å². The summed E-state index contributed by atoms with van der Waals surface area (Å²) in [6, 6.07) is 7.41. The van der Waals surface area contributed by atoms with Gasteiger partial charge in [0.15, 0.2) is 5.76 Å². The van der Waals surface area contributed by atoms with Crippen molar-refractivity contribution in [3.05, 3.63) is 52.4 Å². The van der Waals surface area contributed by atoms with Crippen LogP contribution in [-0.4, -0.2) is 23.2 Å². The first-order valence-electron chi connectivity index (χ1n) is 5.93. The Morgan fingerprint density at radius 3 is 2.71 bits per heavy atom. The Bertz CT molecular complexity index is 683. The van der Waals surface area contributed by atoms with Gasteiger partial charge in [0.1, 0.15) is 5.76 Å². The summed E-state index contributed by atoms with van der Waals surface area (Å²) in [5.74, 6) is 0.0497. The second-order valence-electron chi connectivity index (χ2n) is 4.15. The molecular formula is C14H12ClNO4S. The van der Waals surface area contributed by atoms with Gasteiger partial charge in [-0.05, 0) is 36.6 Å². The molecule has 2 N–H and O–H groups in total. The summed E-state index contributed by atoms with van der Waals surface area (Å²) in [6.45, 7) is 0. The number of carbonyl (C=O) groups excluding carboxylic acids is 1. The molecule has 0 saturated carbocycles. The van der Waals surface area contributed by atoms with Crippen LogP contribution >= 0.6 is 23.4 Å². The normalized spacial score (nSPS) is 10.4. The predicted octanol–water partition coefficient (Wildman–Crippen LogP) is 3.75. The van der Waals surface area contributed by atoms with Gasteiger partial charge in [-0.1, -0.05) is 11.6 Å². The van der Waals surface area contributed by atoms with E-state index in [0.29, 0.717) is 17.2 Å². The predicted molar refractivity (Wildman–Crippen MR) is 82.3 cm³/mol. The number of amides is 1. The highest BCUT2D eigenvalue weighted by molar-refractivity contribution is 7.97. The van der Waals surface area contributed by atoms with Gasteiger partial charge >= 0.3 is 5.97 Å². The molecule has 1 aromatic carbocycles. The lowest BCUT2D eigenvalue weighted by Crippen LogP contribution is -2.11. The Hall–Kier alpha value is -1.92. The molecule has 2 rings (SSSR count). The van der Waals surface area contributed by atoms with E-state index in [-0.39, 0.29) is 16.3 Å². The fraction of sp³-hybridized carbons (Fsp3) is 0.143. The number of rotatable bonds is 5. The molecule has 0 saturated heterocycles. The lowest BCUT2D eigenvalue weighted by molar-refractivity contribution is 0.0696. The van der Waals surface area contributed by atoms with Crippen molar-refractivity contribution >= 4 is 40.9 Å². The molecule has 1 heterocycles. The lowest BCUT2D eigenvalue weighted by Gasteiger charge is -2.06. The number of thioether (sulfide) groups is 1. The second kappa shape index (κ2) is 6.69. The minimum atomic E-state index is -1.08. The minimum absolute atomic E-state index is 0.0539. The Morgan fingerprint density at radius 2 is 2.10 bits per heavy atom. The molecule has 1 aromatic heterocycles. The highest BCUT2D eigenvalue weighted by Gasteiger charge is 2.14. The molecule has 1 amide bonds. The molecule has 7 heteroatoms. The van der Waals surface area contributed by atoms with Crippen molar-refractivity contribution in [2.45, 2.75) is 5.75 Å². The quantitative estimate of drug-likeness (QED) is 0.875. The summed E-state index contributed by atoms with van der Waals surface area (Å²) in [5, 5.41) is 11.6. The van der Waals surface area contributed by atoms with Crippen LogP contribution in [0, 0.1) is 0 Å². The topological polar surface area (TPSA) is 79.5 Å². The number of halogens is 1. The number of benzene rings is 1. The molecule has 0 aliphatic heterocycles. The second-order valence-corrected chi connectivity index (χ2v) is 5.43. The Kier molecular flexibility index (Phi) is 4.93. The van der Waals surface area contributed by atoms with E-state index in [2.05, 4.69) is 5.32 Å². The average Bonchev–Trinajstić information content (AvgIpc) is 2.90. The maximum absolute atomic E-state index is 12.0. The molecule has 0 aliphatic carbocycles. The lowest BCUT2D eigenvalue weighted by atomic mass is 10.2. The molecule has 0 atom stereocenters. The van der Waals surface area contributed by atoms with Crippen molar-refractivity contribution in [1.82, 2.24) is 0 Å². The van der Waals surface area contributed by atoms with Gasteiger partial charge in [-0.2, -0.15) is 11.8 Å². The van der Waals surface area contributed by atoms with Gasteiger partial charge in [0, 0.05) is 0 Å². The molecule has 0 unspecified atom stereocenters. The van der Waals surface area contributed by atoms with Crippen LogP contribution in [0.4, 0.5) is 5.69 Å². The molecule has 21 heavy (non-hydrogen) atoms. The summed E-state index contributed by atoms with van der Waals surface area (Å²) in [6.07, 6.45) is 1.94. The zero-order valence-electron chi connectivity index (χ0n) is 11.1. The van der Waals surface area contributed by atoms with E-state index >= 15 is 0 Å². The van der Waals surface area contributed by atoms with Crippen LogP contribution in [0.3, 0.4) is 0 Å². The van der Waals surface area contributed by atoms with Gasteiger partial charge in [-0.25, -0.2) is 4.79 Å². The zero-order chi connectivity index (χ0) is 15.4. The Balaban J connectivity index is 2.13. The highest BCUT2D eigenvalue weighted by Crippen LogP contribution is 2.24. The number of carbonyl (C=O) groups is 2. The molecular weight excluding hydrogens is 314 g/mol. The molecule has 0 bridgehead atoms.